The van der Waals surface area contributed by atoms with E-state index >= 15 is 0 Å². The summed E-state index contributed by atoms with van der Waals surface area (Å²) in [5, 5.41) is 1.99. The first-order chi connectivity index (χ1) is 9.94. The van der Waals surface area contributed by atoms with Gasteiger partial charge < -0.3 is 5.73 Å². The molecule has 0 saturated carbocycles. The Morgan fingerprint density at radius 3 is 2.48 bits per heavy atom. The largest absolute Gasteiger partial charge is 0.324 e. The molecule has 0 aliphatic rings. The molecule has 3 N–H and O–H groups in total. The van der Waals surface area contributed by atoms with Crippen LogP contribution in [-0.4, -0.2) is 8.42 Å². The van der Waals surface area contributed by atoms with Crippen molar-refractivity contribution in [2.75, 3.05) is 0 Å². The molecule has 21 heavy (non-hydrogen) atoms. The predicted molar refractivity (Wildman–Crippen MR) is 86.8 cm³/mol. The van der Waals surface area contributed by atoms with E-state index in [4.69, 9.17) is 5.73 Å². The second-order valence-corrected chi connectivity index (χ2v) is 7.67. The van der Waals surface area contributed by atoms with Gasteiger partial charge in [0.05, 0.1) is 4.90 Å². The minimum absolute atomic E-state index is 0.104. The Kier molecular flexibility index (Phi) is 5.16. The van der Waals surface area contributed by atoms with Crippen molar-refractivity contribution in [1.29, 1.82) is 0 Å². The number of sulfonamides is 1. The van der Waals surface area contributed by atoms with E-state index in [1.54, 1.807) is 35.6 Å². The molecule has 0 aliphatic carbocycles. The summed E-state index contributed by atoms with van der Waals surface area (Å²) in [6, 6.07) is 8.62. The van der Waals surface area contributed by atoms with Gasteiger partial charge >= 0.3 is 0 Å². The summed E-state index contributed by atoms with van der Waals surface area (Å²) >= 11 is 1.57. The molecular weight excluding hydrogens is 304 g/mol. The monoisotopic (exact) mass is 324 g/mol. The predicted octanol–water partition coefficient (Wildman–Crippen LogP) is 2.81. The highest BCUT2D eigenvalue weighted by atomic mass is 32.2. The molecule has 2 rings (SSSR count). The maximum atomic E-state index is 12.3. The summed E-state index contributed by atoms with van der Waals surface area (Å²) < 4.78 is 27.2. The molecular formula is C15H20N2O2S2. The lowest BCUT2D eigenvalue weighted by Gasteiger charge is -2.09. The summed E-state index contributed by atoms with van der Waals surface area (Å²) in [5.41, 5.74) is 7.87. The zero-order valence-corrected chi connectivity index (χ0v) is 13.8. The van der Waals surface area contributed by atoms with Crippen LogP contribution in [-0.2, 0) is 23.0 Å². The Hall–Kier alpha value is -1.21. The van der Waals surface area contributed by atoms with Crippen LogP contribution >= 0.6 is 11.3 Å². The summed E-state index contributed by atoms with van der Waals surface area (Å²) in [5.74, 6) is 0. The molecule has 0 spiro atoms. The highest BCUT2D eigenvalue weighted by molar-refractivity contribution is 7.89. The van der Waals surface area contributed by atoms with Crippen molar-refractivity contribution in [1.82, 2.24) is 4.72 Å². The number of hydrogen-bond donors (Lipinski definition) is 2. The topological polar surface area (TPSA) is 72.2 Å². The molecule has 1 unspecified atom stereocenters. The van der Waals surface area contributed by atoms with E-state index in [0.29, 0.717) is 6.54 Å². The van der Waals surface area contributed by atoms with Crippen LogP contribution in [0.4, 0.5) is 0 Å². The molecule has 4 nitrogen and oxygen atoms in total. The van der Waals surface area contributed by atoms with Crippen LogP contribution < -0.4 is 10.5 Å². The van der Waals surface area contributed by atoms with Crippen molar-refractivity contribution in [2.45, 2.75) is 37.8 Å². The molecule has 1 aromatic carbocycles. The third-order valence-corrected chi connectivity index (χ3v) is 5.74. The fourth-order valence-electron chi connectivity index (χ4n) is 2.03. The maximum absolute atomic E-state index is 12.3. The van der Waals surface area contributed by atoms with Gasteiger partial charge in [-0.2, -0.15) is 0 Å². The lowest BCUT2D eigenvalue weighted by Crippen LogP contribution is -2.23. The average molecular weight is 324 g/mol. The fourth-order valence-corrected chi connectivity index (χ4v) is 4.03. The summed E-state index contributed by atoms with van der Waals surface area (Å²) in [6.07, 6.45) is 0.906. The lowest BCUT2D eigenvalue weighted by atomic mass is 10.1. The van der Waals surface area contributed by atoms with Gasteiger partial charge in [-0.05, 0) is 48.1 Å². The number of benzene rings is 1. The molecule has 0 aliphatic heterocycles. The first-order valence-corrected chi connectivity index (χ1v) is 9.20. The van der Waals surface area contributed by atoms with Crippen LogP contribution in [0.5, 0.6) is 0 Å². The lowest BCUT2D eigenvalue weighted by molar-refractivity contribution is 0.581. The van der Waals surface area contributed by atoms with Crippen molar-refractivity contribution in [3.8, 4) is 0 Å². The van der Waals surface area contributed by atoms with Crippen molar-refractivity contribution in [2.24, 2.45) is 5.73 Å². The Balaban J connectivity index is 2.11. The molecule has 0 bridgehead atoms. The summed E-state index contributed by atoms with van der Waals surface area (Å²) in [4.78, 5) is 1.33. The Bertz CT molecular complexity index is 689. The number of rotatable bonds is 6. The summed E-state index contributed by atoms with van der Waals surface area (Å²) in [7, 11) is -3.49. The number of hydrogen-bond acceptors (Lipinski definition) is 4. The van der Waals surface area contributed by atoms with Gasteiger partial charge in [-0.25, -0.2) is 13.1 Å². The van der Waals surface area contributed by atoms with E-state index in [1.807, 2.05) is 18.4 Å². The first kappa shape index (κ1) is 16.2. The zero-order valence-electron chi connectivity index (χ0n) is 12.2. The molecule has 1 heterocycles. The Labute approximate surface area is 130 Å². The molecule has 0 radical (unpaired) electrons. The average Bonchev–Trinajstić information content (AvgIpc) is 2.93. The normalized spacial score (nSPS) is 13.3. The van der Waals surface area contributed by atoms with Crippen LogP contribution in [0.15, 0.2) is 40.6 Å². The molecule has 2 aromatic rings. The maximum Gasteiger partial charge on any atom is 0.240 e. The number of thiophene rings is 1. The quantitative estimate of drug-likeness (QED) is 0.858. The molecule has 1 atom stereocenters. The van der Waals surface area contributed by atoms with Gasteiger partial charge in [-0.15, -0.1) is 11.3 Å². The van der Waals surface area contributed by atoms with Crippen molar-refractivity contribution >= 4 is 21.4 Å². The van der Waals surface area contributed by atoms with Gasteiger partial charge in [0.1, 0.15) is 0 Å². The fraction of sp³-hybridized carbons (Fsp3) is 0.333. The van der Waals surface area contributed by atoms with Gasteiger partial charge in [0, 0.05) is 17.5 Å². The Morgan fingerprint density at radius 2 is 1.90 bits per heavy atom. The minimum Gasteiger partial charge on any atom is -0.324 e. The van der Waals surface area contributed by atoms with Crippen LogP contribution in [0.3, 0.4) is 0 Å². The SMILES string of the molecule is CCc1ccsc1CNS(=O)(=O)c1ccc(C(C)N)cc1. The second-order valence-electron chi connectivity index (χ2n) is 4.90. The van der Waals surface area contributed by atoms with Gasteiger partial charge in [-0.1, -0.05) is 19.1 Å². The van der Waals surface area contributed by atoms with Crippen molar-refractivity contribution in [3.05, 3.63) is 51.7 Å². The van der Waals surface area contributed by atoms with E-state index in [-0.39, 0.29) is 10.9 Å². The standard InChI is InChI=1S/C15H20N2O2S2/c1-3-12-8-9-20-15(12)10-17-21(18,19)14-6-4-13(5-7-14)11(2)16/h4-9,11,17H,3,10,16H2,1-2H3. The highest BCUT2D eigenvalue weighted by Crippen LogP contribution is 2.19. The summed E-state index contributed by atoms with van der Waals surface area (Å²) in [6.45, 7) is 4.26. The molecule has 0 amide bonds. The van der Waals surface area contributed by atoms with Gasteiger partial charge in [0.15, 0.2) is 0 Å². The minimum atomic E-state index is -3.49. The van der Waals surface area contributed by atoms with E-state index in [9.17, 15) is 8.42 Å². The van der Waals surface area contributed by atoms with Gasteiger partial charge in [0.25, 0.3) is 0 Å². The van der Waals surface area contributed by atoms with Crippen molar-refractivity contribution < 1.29 is 8.42 Å². The molecule has 0 fully saturated rings. The number of nitrogens with one attached hydrogen (secondary N) is 1. The van der Waals surface area contributed by atoms with Crippen LogP contribution in [0.1, 0.15) is 35.9 Å². The molecule has 0 saturated heterocycles. The number of nitrogens with two attached hydrogens (primary N) is 1. The van der Waals surface area contributed by atoms with E-state index in [2.05, 4.69) is 11.6 Å². The third-order valence-electron chi connectivity index (χ3n) is 3.36. The molecule has 6 heteroatoms. The third kappa shape index (κ3) is 3.91. The van der Waals surface area contributed by atoms with Gasteiger partial charge in [-0.3, -0.25) is 0 Å². The van der Waals surface area contributed by atoms with Crippen LogP contribution in [0.2, 0.25) is 0 Å². The zero-order chi connectivity index (χ0) is 15.5. The van der Waals surface area contributed by atoms with Gasteiger partial charge in [0.2, 0.25) is 10.0 Å². The van der Waals surface area contributed by atoms with E-state index < -0.39 is 10.0 Å². The molecule has 114 valence electrons. The smallest absolute Gasteiger partial charge is 0.240 e. The van der Waals surface area contributed by atoms with Crippen LogP contribution in [0, 0.1) is 0 Å². The van der Waals surface area contributed by atoms with E-state index in [0.717, 1.165) is 16.9 Å². The van der Waals surface area contributed by atoms with Crippen LogP contribution in [0.25, 0.3) is 0 Å². The first-order valence-electron chi connectivity index (χ1n) is 6.84. The number of aryl methyl sites for hydroxylation is 1. The van der Waals surface area contributed by atoms with E-state index in [1.165, 1.54) is 5.56 Å². The molecule has 1 aromatic heterocycles. The Morgan fingerprint density at radius 1 is 1.24 bits per heavy atom. The van der Waals surface area contributed by atoms with Crippen molar-refractivity contribution in [3.63, 3.8) is 0 Å². The highest BCUT2D eigenvalue weighted by Gasteiger charge is 2.15. The second kappa shape index (κ2) is 6.70.